The van der Waals surface area contributed by atoms with Crippen LogP contribution < -0.4 is 11.1 Å². The quantitative estimate of drug-likeness (QED) is 0.468. The van der Waals surface area contributed by atoms with Gasteiger partial charge in [0.25, 0.3) is 5.69 Å². The van der Waals surface area contributed by atoms with Crippen LogP contribution in [0.4, 0.5) is 5.69 Å². The van der Waals surface area contributed by atoms with Gasteiger partial charge in [-0.2, -0.15) is 0 Å². The average Bonchev–Trinajstić information content (AvgIpc) is 2.67. The highest BCUT2D eigenvalue weighted by Crippen LogP contribution is 2.14. The molecule has 0 unspecified atom stereocenters. The van der Waals surface area contributed by atoms with E-state index >= 15 is 0 Å². The van der Waals surface area contributed by atoms with Crippen molar-refractivity contribution in [1.82, 2.24) is 15.3 Å². The summed E-state index contributed by atoms with van der Waals surface area (Å²) in [6.07, 6.45) is 1.51. The number of hydrogen-bond donors (Lipinski definition) is 2. The number of nitrogens with zero attached hydrogens (tertiary/aromatic N) is 3. The van der Waals surface area contributed by atoms with Crippen molar-refractivity contribution in [3.8, 4) is 0 Å². The van der Waals surface area contributed by atoms with Crippen molar-refractivity contribution < 1.29 is 14.5 Å². The van der Waals surface area contributed by atoms with Crippen LogP contribution in [0.5, 0.6) is 0 Å². The topological polar surface area (TPSA) is 141 Å². The Morgan fingerprint density at radius 3 is 2.61 bits per heavy atom. The van der Waals surface area contributed by atoms with Crippen LogP contribution in [0.3, 0.4) is 0 Å². The number of carbonyl (C=O) groups excluding carboxylic acids is 2. The number of amides is 2. The highest BCUT2D eigenvalue weighted by atomic mass is 16.6. The summed E-state index contributed by atoms with van der Waals surface area (Å²) in [5.41, 5.74) is 7.67. The number of benzene rings is 2. The van der Waals surface area contributed by atoms with E-state index in [-0.39, 0.29) is 18.5 Å². The molecule has 3 aromatic rings. The maximum atomic E-state index is 12.3. The molecule has 3 rings (SSSR count). The summed E-state index contributed by atoms with van der Waals surface area (Å²) < 4.78 is 0. The van der Waals surface area contributed by atoms with Crippen molar-refractivity contribution in [2.75, 3.05) is 0 Å². The first kappa shape index (κ1) is 18.9. The van der Waals surface area contributed by atoms with E-state index in [4.69, 9.17) is 5.73 Å². The maximum absolute atomic E-state index is 12.3. The Balaban J connectivity index is 1.69. The number of fused-ring (bicyclic) bond motifs is 1. The lowest BCUT2D eigenvalue weighted by atomic mass is 10.1. The molecule has 0 fully saturated rings. The second kappa shape index (κ2) is 8.21. The minimum absolute atomic E-state index is 0.0911. The molecule has 1 heterocycles. The molecule has 2 aromatic carbocycles. The molecule has 142 valence electrons. The number of non-ortho nitro benzene ring substituents is 1. The van der Waals surface area contributed by atoms with Crippen LogP contribution in [-0.4, -0.2) is 32.7 Å². The van der Waals surface area contributed by atoms with E-state index in [0.717, 1.165) is 5.52 Å². The van der Waals surface area contributed by atoms with Crippen molar-refractivity contribution in [2.45, 2.75) is 18.9 Å². The van der Waals surface area contributed by atoms with Crippen molar-refractivity contribution >= 4 is 28.5 Å². The monoisotopic (exact) mass is 379 g/mol. The minimum Gasteiger partial charge on any atom is -0.368 e. The third-order valence-corrected chi connectivity index (χ3v) is 4.08. The Labute approximate surface area is 159 Å². The maximum Gasteiger partial charge on any atom is 0.269 e. The summed E-state index contributed by atoms with van der Waals surface area (Å²) in [5.74, 6) is -1.18. The summed E-state index contributed by atoms with van der Waals surface area (Å²) in [4.78, 5) is 43.1. The predicted molar refractivity (Wildman–Crippen MR) is 101 cm³/mol. The summed E-state index contributed by atoms with van der Waals surface area (Å²) in [5, 5.41) is 13.4. The number of carbonyl (C=O) groups is 2. The Morgan fingerprint density at radius 1 is 1.14 bits per heavy atom. The predicted octanol–water partition coefficient (Wildman–Crippen LogP) is 1.29. The van der Waals surface area contributed by atoms with Gasteiger partial charge in [-0.15, -0.1) is 0 Å². The number of aromatic nitrogens is 2. The minimum atomic E-state index is -0.971. The molecular weight excluding hydrogens is 362 g/mol. The van der Waals surface area contributed by atoms with Crippen LogP contribution in [0.15, 0.2) is 54.7 Å². The summed E-state index contributed by atoms with van der Waals surface area (Å²) >= 11 is 0. The molecular formula is C19H17N5O4. The number of nitro groups is 1. The number of para-hydroxylation sites is 2. The van der Waals surface area contributed by atoms with Gasteiger partial charge in [-0.3, -0.25) is 24.7 Å². The lowest BCUT2D eigenvalue weighted by molar-refractivity contribution is -0.384. The molecule has 0 aliphatic carbocycles. The Hall–Kier alpha value is -3.88. The average molecular weight is 379 g/mol. The number of nitrogens with one attached hydrogen (secondary N) is 1. The molecule has 2 amide bonds. The summed E-state index contributed by atoms with van der Waals surface area (Å²) in [6, 6.07) is 12.1. The molecule has 0 aliphatic rings. The molecule has 9 heteroatoms. The smallest absolute Gasteiger partial charge is 0.269 e. The Morgan fingerprint density at radius 2 is 1.89 bits per heavy atom. The summed E-state index contributed by atoms with van der Waals surface area (Å²) in [7, 11) is 0. The lowest BCUT2D eigenvalue weighted by Gasteiger charge is -2.15. The van der Waals surface area contributed by atoms with Crippen molar-refractivity contribution in [2.24, 2.45) is 5.73 Å². The molecule has 0 aliphatic heterocycles. The van der Waals surface area contributed by atoms with Gasteiger partial charge in [-0.1, -0.05) is 24.3 Å². The zero-order valence-electron chi connectivity index (χ0n) is 14.7. The fourth-order valence-corrected chi connectivity index (χ4v) is 2.74. The van der Waals surface area contributed by atoms with Gasteiger partial charge in [-0.25, -0.2) is 4.98 Å². The zero-order valence-corrected chi connectivity index (χ0v) is 14.7. The first-order chi connectivity index (χ1) is 13.4. The van der Waals surface area contributed by atoms with Gasteiger partial charge in [0, 0.05) is 24.8 Å². The standard InChI is InChI=1S/C19H17N5O4/c20-19(26)17(10-13-11-21-15-6-1-2-7-16(15)22-13)23-18(25)9-12-4-3-5-14(8-12)24(27)28/h1-8,11,17H,9-10H2,(H2,20,26)(H,23,25)/t17-/m0/s1. The molecule has 28 heavy (non-hydrogen) atoms. The molecule has 9 nitrogen and oxygen atoms in total. The highest BCUT2D eigenvalue weighted by molar-refractivity contribution is 5.87. The molecule has 0 saturated carbocycles. The first-order valence-electron chi connectivity index (χ1n) is 8.45. The third-order valence-electron chi connectivity index (χ3n) is 4.08. The summed E-state index contributed by atoms with van der Waals surface area (Å²) in [6.45, 7) is 0. The second-order valence-electron chi connectivity index (χ2n) is 6.18. The SMILES string of the molecule is NC(=O)[C@H](Cc1cnc2ccccc2n1)NC(=O)Cc1cccc([N+](=O)[O-])c1. The molecule has 3 N–H and O–H groups in total. The van der Waals surface area contributed by atoms with Gasteiger partial charge in [0.1, 0.15) is 6.04 Å². The van der Waals surface area contributed by atoms with Gasteiger partial charge in [-0.05, 0) is 17.7 Å². The number of hydrogen-bond acceptors (Lipinski definition) is 6. The fourth-order valence-electron chi connectivity index (χ4n) is 2.74. The van der Waals surface area contributed by atoms with Gasteiger partial charge >= 0.3 is 0 Å². The Bertz CT molecular complexity index is 1050. The first-order valence-corrected chi connectivity index (χ1v) is 8.45. The highest BCUT2D eigenvalue weighted by Gasteiger charge is 2.20. The van der Waals surface area contributed by atoms with E-state index in [1.165, 1.54) is 24.4 Å². The van der Waals surface area contributed by atoms with Gasteiger partial charge in [0.2, 0.25) is 11.8 Å². The van der Waals surface area contributed by atoms with Crippen LogP contribution in [0.1, 0.15) is 11.3 Å². The van der Waals surface area contributed by atoms with E-state index in [9.17, 15) is 19.7 Å². The van der Waals surface area contributed by atoms with Gasteiger partial charge in [0.05, 0.1) is 28.1 Å². The van der Waals surface area contributed by atoms with E-state index in [2.05, 4.69) is 15.3 Å². The normalized spacial score (nSPS) is 11.7. The molecule has 1 aromatic heterocycles. The van der Waals surface area contributed by atoms with Gasteiger partial charge in [0.15, 0.2) is 0 Å². The van der Waals surface area contributed by atoms with E-state index in [0.29, 0.717) is 16.8 Å². The molecule has 1 atom stereocenters. The van der Waals surface area contributed by atoms with Crippen molar-refractivity contribution in [3.63, 3.8) is 0 Å². The number of nitrogens with two attached hydrogens (primary N) is 1. The zero-order chi connectivity index (χ0) is 20.1. The van der Waals surface area contributed by atoms with E-state index in [1.54, 1.807) is 12.1 Å². The number of rotatable bonds is 7. The molecule has 0 saturated heterocycles. The Kier molecular flexibility index (Phi) is 5.54. The largest absolute Gasteiger partial charge is 0.368 e. The molecule has 0 radical (unpaired) electrons. The second-order valence-corrected chi connectivity index (χ2v) is 6.18. The fraction of sp³-hybridized carbons (Fsp3) is 0.158. The number of nitro benzene ring substituents is 1. The van der Waals surface area contributed by atoms with E-state index in [1.807, 2.05) is 18.2 Å². The third kappa shape index (κ3) is 4.64. The van der Waals surface area contributed by atoms with Crippen molar-refractivity contribution in [3.05, 3.63) is 76.1 Å². The molecule has 0 bridgehead atoms. The van der Waals surface area contributed by atoms with Crippen LogP contribution in [0, 0.1) is 10.1 Å². The van der Waals surface area contributed by atoms with Crippen LogP contribution in [0.2, 0.25) is 0 Å². The van der Waals surface area contributed by atoms with Crippen LogP contribution in [-0.2, 0) is 22.4 Å². The van der Waals surface area contributed by atoms with Gasteiger partial charge < -0.3 is 11.1 Å². The number of primary amides is 1. The van der Waals surface area contributed by atoms with E-state index < -0.39 is 22.8 Å². The molecule has 0 spiro atoms. The van der Waals surface area contributed by atoms with Crippen LogP contribution in [0.25, 0.3) is 11.0 Å². The lowest BCUT2D eigenvalue weighted by Crippen LogP contribution is -2.46. The van der Waals surface area contributed by atoms with Crippen molar-refractivity contribution in [1.29, 1.82) is 0 Å². The van der Waals surface area contributed by atoms with Crippen LogP contribution >= 0.6 is 0 Å².